The minimum Gasteiger partial charge on any atom is -0.497 e. The van der Waals surface area contributed by atoms with Crippen molar-refractivity contribution in [3.05, 3.63) is 59.4 Å². The third-order valence-electron chi connectivity index (χ3n) is 3.09. The van der Waals surface area contributed by atoms with Gasteiger partial charge in [0.25, 0.3) is 5.91 Å². The van der Waals surface area contributed by atoms with Gasteiger partial charge in [-0.1, -0.05) is 16.8 Å². The van der Waals surface area contributed by atoms with Gasteiger partial charge in [0.05, 0.1) is 12.1 Å². The van der Waals surface area contributed by atoms with E-state index in [1.165, 1.54) is 6.20 Å². The molecule has 0 bridgehead atoms. The number of carbonyl (C=O) groups is 1. The first kappa shape index (κ1) is 15.1. The van der Waals surface area contributed by atoms with Crippen LogP contribution < -0.4 is 10.1 Å². The Morgan fingerprint density at radius 2 is 2.00 bits per heavy atom. The van der Waals surface area contributed by atoms with Crippen molar-refractivity contribution < 1.29 is 14.1 Å². The SMILES string of the molecule is COc1ccc(-c2cc(C(=O)Nc3ccc(Cl)cn3)no2)cc1. The highest BCUT2D eigenvalue weighted by molar-refractivity contribution is 6.30. The van der Waals surface area contributed by atoms with Crippen molar-refractivity contribution in [1.82, 2.24) is 10.1 Å². The van der Waals surface area contributed by atoms with Crippen molar-refractivity contribution in [1.29, 1.82) is 0 Å². The predicted molar refractivity (Wildman–Crippen MR) is 85.7 cm³/mol. The van der Waals surface area contributed by atoms with Crippen LogP contribution in [0.2, 0.25) is 5.02 Å². The van der Waals surface area contributed by atoms with Gasteiger partial charge in [0.1, 0.15) is 11.6 Å². The molecule has 3 aromatic rings. The number of aromatic nitrogens is 2. The standard InChI is InChI=1S/C16H12ClN3O3/c1-22-12-5-2-10(3-6-12)14-8-13(20-23-14)16(21)19-15-7-4-11(17)9-18-15/h2-9H,1H3,(H,18,19,21). The number of anilines is 1. The number of amides is 1. The van der Waals surface area contributed by atoms with E-state index in [0.29, 0.717) is 16.6 Å². The van der Waals surface area contributed by atoms with Crippen LogP contribution in [-0.4, -0.2) is 23.2 Å². The molecular weight excluding hydrogens is 318 g/mol. The zero-order chi connectivity index (χ0) is 16.2. The molecule has 0 spiro atoms. The summed E-state index contributed by atoms with van der Waals surface area (Å²) >= 11 is 5.75. The number of hydrogen-bond acceptors (Lipinski definition) is 5. The number of nitrogens with zero attached hydrogens (tertiary/aromatic N) is 2. The minimum atomic E-state index is -0.414. The van der Waals surface area contributed by atoms with Crippen LogP contribution in [0.25, 0.3) is 11.3 Å². The maximum Gasteiger partial charge on any atom is 0.279 e. The first-order chi connectivity index (χ1) is 11.2. The lowest BCUT2D eigenvalue weighted by Crippen LogP contribution is -2.13. The van der Waals surface area contributed by atoms with E-state index >= 15 is 0 Å². The quantitative estimate of drug-likeness (QED) is 0.790. The van der Waals surface area contributed by atoms with E-state index in [9.17, 15) is 4.79 Å². The van der Waals surface area contributed by atoms with Gasteiger partial charge < -0.3 is 14.6 Å². The number of carbonyl (C=O) groups excluding carboxylic acids is 1. The number of methoxy groups -OCH3 is 1. The molecule has 0 aliphatic carbocycles. The lowest BCUT2D eigenvalue weighted by Gasteiger charge is -2.01. The number of nitrogens with one attached hydrogen (secondary N) is 1. The summed E-state index contributed by atoms with van der Waals surface area (Å²) in [5, 5.41) is 6.89. The molecule has 0 saturated carbocycles. The lowest BCUT2D eigenvalue weighted by atomic mass is 10.1. The molecule has 0 saturated heterocycles. The molecule has 0 radical (unpaired) electrons. The van der Waals surface area contributed by atoms with Gasteiger partial charge in [-0.25, -0.2) is 4.98 Å². The second-order valence-corrected chi connectivity index (χ2v) is 5.06. The van der Waals surface area contributed by atoms with Crippen LogP contribution in [-0.2, 0) is 0 Å². The summed E-state index contributed by atoms with van der Waals surface area (Å²) in [6, 6.07) is 12.0. The molecule has 6 nitrogen and oxygen atoms in total. The second kappa shape index (κ2) is 6.50. The van der Waals surface area contributed by atoms with Gasteiger partial charge in [-0.2, -0.15) is 0 Å². The Hall–Kier alpha value is -2.86. The highest BCUT2D eigenvalue weighted by Crippen LogP contribution is 2.23. The smallest absolute Gasteiger partial charge is 0.279 e. The van der Waals surface area contributed by atoms with Gasteiger partial charge >= 0.3 is 0 Å². The average molecular weight is 330 g/mol. The molecule has 2 heterocycles. The van der Waals surface area contributed by atoms with E-state index in [1.807, 2.05) is 12.1 Å². The molecular formula is C16H12ClN3O3. The van der Waals surface area contributed by atoms with Crippen molar-refractivity contribution in [2.75, 3.05) is 12.4 Å². The molecule has 23 heavy (non-hydrogen) atoms. The molecule has 1 aromatic carbocycles. The van der Waals surface area contributed by atoms with Crippen LogP contribution >= 0.6 is 11.6 Å². The Morgan fingerprint density at radius 3 is 2.65 bits per heavy atom. The first-order valence-corrected chi connectivity index (χ1v) is 7.07. The maximum atomic E-state index is 12.1. The van der Waals surface area contributed by atoms with Crippen molar-refractivity contribution in [2.45, 2.75) is 0 Å². The van der Waals surface area contributed by atoms with E-state index < -0.39 is 5.91 Å². The Bertz CT molecular complexity index is 813. The molecule has 1 amide bonds. The topological polar surface area (TPSA) is 77.2 Å². The van der Waals surface area contributed by atoms with Gasteiger partial charge in [-0.3, -0.25) is 4.79 Å². The van der Waals surface area contributed by atoms with Crippen LogP contribution in [0.1, 0.15) is 10.5 Å². The first-order valence-electron chi connectivity index (χ1n) is 6.70. The minimum absolute atomic E-state index is 0.160. The average Bonchev–Trinajstić information content (AvgIpc) is 3.07. The Labute approximate surface area is 137 Å². The zero-order valence-corrected chi connectivity index (χ0v) is 12.9. The second-order valence-electron chi connectivity index (χ2n) is 4.62. The summed E-state index contributed by atoms with van der Waals surface area (Å²) in [5.74, 6) is 1.19. The van der Waals surface area contributed by atoms with E-state index in [2.05, 4.69) is 15.5 Å². The Morgan fingerprint density at radius 1 is 1.22 bits per heavy atom. The van der Waals surface area contributed by atoms with Crippen molar-refractivity contribution >= 4 is 23.3 Å². The van der Waals surface area contributed by atoms with Crippen LogP contribution in [0.15, 0.2) is 53.2 Å². The summed E-state index contributed by atoms with van der Waals surface area (Å²) in [6.07, 6.45) is 1.45. The Kier molecular flexibility index (Phi) is 4.25. The van der Waals surface area contributed by atoms with E-state index in [-0.39, 0.29) is 5.69 Å². The van der Waals surface area contributed by atoms with Gasteiger partial charge in [0.15, 0.2) is 11.5 Å². The van der Waals surface area contributed by atoms with Crippen LogP contribution in [0.5, 0.6) is 5.75 Å². The highest BCUT2D eigenvalue weighted by Gasteiger charge is 2.14. The van der Waals surface area contributed by atoms with Gasteiger partial charge in [-0.05, 0) is 36.4 Å². The number of hydrogen-bond donors (Lipinski definition) is 1. The molecule has 2 aromatic heterocycles. The number of halogens is 1. The largest absolute Gasteiger partial charge is 0.497 e. The third kappa shape index (κ3) is 3.49. The van der Waals surface area contributed by atoms with E-state index in [4.69, 9.17) is 20.9 Å². The highest BCUT2D eigenvalue weighted by atomic mass is 35.5. The van der Waals surface area contributed by atoms with Gasteiger partial charge in [0.2, 0.25) is 0 Å². The zero-order valence-electron chi connectivity index (χ0n) is 12.1. The number of rotatable bonds is 4. The molecule has 1 N–H and O–H groups in total. The summed E-state index contributed by atoms with van der Waals surface area (Å²) in [4.78, 5) is 16.1. The van der Waals surface area contributed by atoms with Gasteiger partial charge in [-0.15, -0.1) is 0 Å². The lowest BCUT2D eigenvalue weighted by molar-refractivity contribution is 0.101. The Balaban J connectivity index is 1.75. The molecule has 0 atom stereocenters. The number of ether oxygens (including phenoxy) is 1. The van der Waals surface area contributed by atoms with Crippen LogP contribution in [0.3, 0.4) is 0 Å². The monoisotopic (exact) mass is 329 g/mol. The fourth-order valence-corrected chi connectivity index (χ4v) is 2.02. The number of benzene rings is 1. The molecule has 0 fully saturated rings. The molecule has 0 aliphatic heterocycles. The summed E-state index contributed by atoms with van der Waals surface area (Å²) in [7, 11) is 1.59. The van der Waals surface area contributed by atoms with Crippen molar-refractivity contribution in [3.8, 4) is 17.1 Å². The van der Waals surface area contributed by atoms with Crippen LogP contribution in [0, 0.1) is 0 Å². The van der Waals surface area contributed by atoms with E-state index in [1.54, 1.807) is 37.4 Å². The van der Waals surface area contributed by atoms with E-state index in [0.717, 1.165) is 11.3 Å². The molecule has 0 aliphatic rings. The van der Waals surface area contributed by atoms with Gasteiger partial charge in [0, 0.05) is 17.8 Å². The number of pyridine rings is 1. The molecule has 3 rings (SSSR count). The van der Waals surface area contributed by atoms with Crippen molar-refractivity contribution in [3.63, 3.8) is 0 Å². The molecule has 0 unspecified atom stereocenters. The fourth-order valence-electron chi connectivity index (χ4n) is 1.90. The fraction of sp³-hybridized carbons (Fsp3) is 0.0625. The van der Waals surface area contributed by atoms with Crippen LogP contribution in [0.4, 0.5) is 5.82 Å². The molecule has 7 heteroatoms. The maximum absolute atomic E-state index is 12.1. The van der Waals surface area contributed by atoms with Crippen molar-refractivity contribution in [2.24, 2.45) is 0 Å². The molecule has 116 valence electrons. The summed E-state index contributed by atoms with van der Waals surface area (Å²) in [6.45, 7) is 0. The predicted octanol–water partition coefficient (Wildman–Crippen LogP) is 3.65. The summed E-state index contributed by atoms with van der Waals surface area (Å²) in [5.41, 5.74) is 0.953. The third-order valence-corrected chi connectivity index (χ3v) is 3.31. The summed E-state index contributed by atoms with van der Waals surface area (Å²) < 4.78 is 10.3. The normalized spacial score (nSPS) is 10.3.